The summed E-state index contributed by atoms with van der Waals surface area (Å²) in [6.45, 7) is 2.03. The molecule has 6 nitrogen and oxygen atoms in total. The number of para-hydroxylation sites is 1. The van der Waals surface area contributed by atoms with Crippen LogP contribution in [-0.4, -0.2) is 78.5 Å². The summed E-state index contributed by atoms with van der Waals surface area (Å²) in [5, 5.41) is -0.244. The van der Waals surface area contributed by atoms with Gasteiger partial charge in [0.1, 0.15) is 21.4 Å². The summed E-state index contributed by atoms with van der Waals surface area (Å²) in [4.78, 5) is 2.41. The van der Waals surface area contributed by atoms with Crippen LogP contribution in [0, 0.1) is 0 Å². The molecule has 30 heavy (non-hydrogen) atoms. The molecule has 2 bridgehead atoms. The highest BCUT2D eigenvalue weighted by molar-refractivity contribution is 7.88. The van der Waals surface area contributed by atoms with E-state index in [9.17, 15) is 8.42 Å². The normalized spacial score (nSPS) is 32.6. The van der Waals surface area contributed by atoms with Gasteiger partial charge in [-0.1, -0.05) is 18.2 Å². The van der Waals surface area contributed by atoms with Crippen molar-refractivity contribution >= 4 is 25.7 Å². The fraction of sp³-hybridized carbons (Fsp3) is 0.714. The standard InChI is InChI=1S/C21H34B2N2O4S/c1-30(26,27)24-18-6-4-12-25-19(18)13-28-16-10-8-15(9-11-16)17-5-2-3-7-20(17)29-14-21(25,22)23/h2-3,5,7,15-16,18-19,24H,4,6,8-14,22-23H2,1H3/t15-,16+,18-,19-/m0/s1. The third-order valence-electron chi connectivity index (χ3n) is 7.04. The maximum Gasteiger partial charge on any atom is 0.209 e. The average Bonchev–Trinajstić information content (AvgIpc) is 2.71. The molecule has 2 fully saturated rings. The van der Waals surface area contributed by atoms with E-state index in [0.29, 0.717) is 19.1 Å². The number of piperidine rings is 1. The zero-order valence-electron chi connectivity index (χ0n) is 18.5. The monoisotopic (exact) mass is 432 g/mol. The van der Waals surface area contributed by atoms with E-state index >= 15 is 0 Å². The van der Waals surface area contributed by atoms with Gasteiger partial charge in [0.2, 0.25) is 10.0 Å². The smallest absolute Gasteiger partial charge is 0.209 e. The number of nitrogens with one attached hydrogen (secondary N) is 1. The fourth-order valence-corrected chi connectivity index (χ4v) is 6.31. The van der Waals surface area contributed by atoms with Crippen LogP contribution in [0.4, 0.5) is 0 Å². The minimum Gasteiger partial charge on any atom is -0.493 e. The molecular formula is C21H34B2N2O4S. The van der Waals surface area contributed by atoms with Crippen LogP contribution in [0.3, 0.4) is 0 Å². The third-order valence-corrected chi connectivity index (χ3v) is 7.77. The number of benzene rings is 1. The number of nitrogens with zero attached hydrogens (tertiary/aromatic N) is 1. The molecular weight excluding hydrogens is 398 g/mol. The number of fused-ring (bicyclic) bond motifs is 5. The van der Waals surface area contributed by atoms with Crippen molar-refractivity contribution in [2.24, 2.45) is 0 Å². The highest BCUT2D eigenvalue weighted by Crippen LogP contribution is 2.39. The van der Waals surface area contributed by atoms with Crippen molar-refractivity contribution in [1.82, 2.24) is 9.62 Å². The lowest BCUT2D eigenvalue weighted by atomic mass is 9.60. The lowest BCUT2D eigenvalue weighted by molar-refractivity contribution is -0.0384. The van der Waals surface area contributed by atoms with Crippen molar-refractivity contribution in [1.29, 1.82) is 0 Å². The molecule has 1 saturated heterocycles. The Hall–Kier alpha value is -1.02. The predicted octanol–water partition coefficient (Wildman–Crippen LogP) is 0.424. The molecule has 0 amide bonds. The van der Waals surface area contributed by atoms with Gasteiger partial charge in [0.25, 0.3) is 0 Å². The first-order valence-corrected chi connectivity index (χ1v) is 13.2. The Morgan fingerprint density at radius 3 is 2.60 bits per heavy atom. The number of sulfonamides is 1. The molecule has 5 rings (SSSR count). The molecule has 9 heteroatoms. The maximum atomic E-state index is 12.0. The van der Waals surface area contributed by atoms with E-state index in [1.54, 1.807) is 0 Å². The van der Waals surface area contributed by atoms with E-state index in [1.807, 2.05) is 0 Å². The van der Waals surface area contributed by atoms with Gasteiger partial charge < -0.3 is 14.4 Å². The molecule has 0 spiro atoms. The second kappa shape index (κ2) is 8.85. The zero-order chi connectivity index (χ0) is 21.4. The topological polar surface area (TPSA) is 67.9 Å². The maximum absolute atomic E-state index is 12.0. The van der Waals surface area contributed by atoms with Gasteiger partial charge in [0.15, 0.2) is 0 Å². The lowest BCUT2D eigenvalue weighted by Crippen LogP contribution is -2.67. The Morgan fingerprint density at radius 1 is 1.13 bits per heavy atom. The van der Waals surface area contributed by atoms with Crippen molar-refractivity contribution in [3.63, 3.8) is 0 Å². The van der Waals surface area contributed by atoms with E-state index in [0.717, 1.165) is 50.8 Å². The molecule has 1 N–H and O–H groups in total. The first-order valence-electron chi connectivity index (χ1n) is 11.3. The van der Waals surface area contributed by atoms with E-state index in [1.165, 1.54) is 11.8 Å². The van der Waals surface area contributed by atoms with E-state index in [4.69, 9.17) is 9.47 Å². The van der Waals surface area contributed by atoms with Gasteiger partial charge in [-0.05, 0) is 68.0 Å². The van der Waals surface area contributed by atoms with Crippen LogP contribution in [0.2, 0.25) is 0 Å². The Balaban J connectivity index is 1.65. The number of hydrogen-bond donors (Lipinski definition) is 1. The Labute approximate surface area is 182 Å². The molecule has 3 heterocycles. The zero-order valence-corrected chi connectivity index (χ0v) is 19.3. The summed E-state index contributed by atoms with van der Waals surface area (Å²) < 4.78 is 39.8. The number of rotatable bonds is 2. The van der Waals surface area contributed by atoms with Crippen molar-refractivity contribution in [2.45, 2.75) is 68.0 Å². The van der Waals surface area contributed by atoms with E-state index in [-0.39, 0.29) is 23.5 Å². The van der Waals surface area contributed by atoms with Crippen molar-refractivity contribution in [3.05, 3.63) is 29.8 Å². The van der Waals surface area contributed by atoms with Gasteiger partial charge in [-0.2, -0.15) is 0 Å². The summed E-state index contributed by atoms with van der Waals surface area (Å²) in [7, 11) is 1.11. The van der Waals surface area contributed by atoms with Gasteiger partial charge >= 0.3 is 0 Å². The largest absolute Gasteiger partial charge is 0.493 e. The molecule has 0 radical (unpaired) electrons. The number of hydrogen-bond acceptors (Lipinski definition) is 5. The molecule has 1 saturated carbocycles. The predicted molar refractivity (Wildman–Crippen MR) is 124 cm³/mol. The summed E-state index contributed by atoms with van der Waals surface area (Å²) in [6, 6.07) is 8.33. The molecule has 0 aromatic heterocycles. The van der Waals surface area contributed by atoms with Crippen LogP contribution in [0.25, 0.3) is 0 Å². The minimum absolute atomic E-state index is 0.000736. The Kier molecular flexibility index (Phi) is 6.54. The Morgan fingerprint density at radius 2 is 1.87 bits per heavy atom. The number of ether oxygens (including phenoxy) is 2. The van der Waals surface area contributed by atoms with Crippen LogP contribution in [0.5, 0.6) is 5.75 Å². The molecule has 1 aromatic carbocycles. The second-order valence-electron chi connectivity index (χ2n) is 9.85. The van der Waals surface area contributed by atoms with Crippen LogP contribution < -0.4 is 9.46 Å². The average molecular weight is 432 g/mol. The van der Waals surface area contributed by atoms with Crippen molar-refractivity contribution < 1.29 is 17.9 Å². The van der Waals surface area contributed by atoms with Gasteiger partial charge in [0, 0.05) is 12.1 Å². The Bertz CT molecular complexity index is 843. The SMILES string of the molecule is BC1(B)COc2ccccc2[C@H]2CC[C@H](CC2)OC[C@H]2[C@@H](NS(C)(=O)=O)CCCN21. The molecule has 1 aliphatic carbocycles. The van der Waals surface area contributed by atoms with Crippen LogP contribution in [0.15, 0.2) is 24.3 Å². The first-order chi connectivity index (χ1) is 14.2. The van der Waals surface area contributed by atoms with E-state index in [2.05, 4.69) is 49.6 Å². The molecule has 4 aliphatic rings. The molecule has 0 unspecified atom stereocenters. The van der Waals surface area contributed by atoms with E-state index < -0.39 is 10.0 Å². The molecule has 2 atom stereocenters. The summed E-state index contributed by atoms with van der Waals surface area (Å²) >= 11 is 0. The molecule has 1 aromatic rings. The van der Waals surface area contributed by atoms with Gasteiger partial charge in [-0.25, -0.2) is 13.1 Å². The highest BCUT2D eigenvalue weighted by Gasteiger charge is 2.41. The minimum atomic E-state index is -3.28. The van der Waals surface area contributed by atoms with Crippen molar-refractivity contribution in [3.8, 4) is 5.75 Å². The fourth-order valence-electron chi connectivity index (χ4n) is 5.49. The quantitative estimate of drug-likeness (QED) is 0.687. The van der Waals surface area contributed by atoms with Crippen LogP contribution in [0.1, 0.15) is 50.0 Å². The molecule has 164 valence electrons. The highest BCUT2D eigenvalue weighted by atomic mass is 32.2. The first kappa shape index (κ1) is 22.2. The van der Waals surface area contributed by atoms with Gasteiger partial charge in [0.05, 0.1) is 25.6 Å². The molecule has 3 aliphatic heterocycles. The lowest BCUT2D eigenvalue weighted by Gasteiger charge is -2.49. The third kappa shape index (κ3) is 5.06. The summed E-state index contributed by atoms with van der Waals surface area (Å²) in [6.07, 6.45) is 7.58. The summed E-state index contributed by atoms with van der Waals surface area (Å²) in [5.41, 5.74) is 1.32. The summed E-state index contributed by atoms with van der Waals surface area (Å²) in [5.74, 6) is 1.51. The van der Waals surface area contributed by atoms with Crippen molar-refractivity contribution in [2.75, 3.05) is 26.0 Å². The van der Waals surface area contributed by atoms with Crippen LogP contribution >= 0.6 is 0 Å². The van der Waals surface area contributed by atoms with Crippen LogP contribution in [-0.2, 0) is 14.8 Å². The van der Waals surface area contributed by atoms with Gasteiger partial charge in [-0.15, -0.1) is 0 Å². The van der Waals surface area contributed by atoms with Gasteiger partial charge in [-0.3, -0.25) is 0 Å². The second-order valence-corrected chi connectivity index (χ2v) is 11.6.